The van der Waals surface area contributed by atoms with Gasteiger partial charge >= 0.3 is 5.97 Å². The van der Waals surface area contributed by atoms with Gasteiger partial charge in [0.25, 0.3) is 0 Å². The van der Waals surface area contributed by atoms with E-state index in [1.165, 1.54) is 0 Å². The Labute approximate surface area is 87.7 Å². The molecule has 0 saturated heterocycles. The van der Waals surface area contributed by atoms with Crippen LogP contribution in [0.3, 0.4) is 0 Å². The minimum absolute atomic E-state index is 0.308. The molecular weight excluding hydrogens is 227 g/mol. The first-order valence-electron chi connectivity index (χ1n) is 4.06. The molecule has 0 saturated carbocycles. The van der Waals surface area contributed by atoms with Crippen molar-refractivity contribution in [3.8, 4) is 0 Å². The molecule has 0 aliphatic carbocycles. The van der Waals surface area contributed by atoms with Crippen LogP contribution in [0.5, 0.6) is 0 Å². The Bertz CT molecular complexity index is 448. The number of carbonyl (C=O) groups is 2. The zero-order valence-corrected chi connectivity index (χ0v) is 7.76. The number of hydrogen-bond donors (Lipinski definition) is 2. The van der Waals surface area contributed by atoms with Crippen molar-refractivity contribution in [3.05, 3.63) is 29.6 Å². The zero-order chi connectivity index (χ0) is 12.3. The molecule has 0 aliphatic rings. The summed E-state index contributed by atoms with van der Waals surface area (Å²) in [7, 11) is 0. The van der Waals surface area contributed by atoms with Gasteiger partial charge in [-0.2, -0.15) is 0 Å². The molecule has 1 rings (SSSR count). The largest absolute Gasteiger partial charge is 0.481 e. The van der Waals surface area contributed by atoms with Gasteiger partial charge in [0.1, 0.15) is 12.2 Å². The molecule has 7 heteroatoms. The average Bonchev–Trinajstić information content (AvgIpc) is 2.11. The van der Waals surface area contributed by atoms with E-state index >= 15 is 0 Å². The number of amides is 1. The minimum atomic E-state index is -1.47. The lowest BCUT2D eigenvalue weighted by molar-refractivity contribution is -0.139. The molecule has 0 atom stereocenters. The summed E-state index contributed by atoms with van der Waals surface area (Å²) in [4.78, 5) is 21.0. The predicted octanol–water partition coefficient (Wildman–Crippen LogP) is 1.52. The Morgan fingerprint density at radius 2 is 1.88 bits per heavy atom. The summed E-state index contributed by atoms with van der Waals surface area (Å²) in [5.74, 6) is -6.50. The van der Waals surface area contributed by atoms with E-state index in [4.69, 9.17) is 5.11 Å². The molecule has 0 aliphatic heterocycles. The number of carboxylic acid groups (broad SMARTS) is 1. The van der Waals surface area contributed by atoms with Gasteiger partial charge in [-0.25, -0.2) is 13.2 Å². The highest BCUT2D eigenvalue weighted by atomic mass is 19.2. The Morgan fingerprint density at radius 3 is 2.44 bits per heavy atom. The van der Waals surface area contributed by atoms with Gasteiger partial charge in [-0.05, 0) is 0 Å². The molecule has 0 bridgehead atoms. The highest BCUT2D eigenvalue weighted by molar-refractivity contribution is 6.01. The third kappa shape index (κ3) is 2.97. The summed E-state index contributed by atoms with van der Waals surface area (Å²) in [5.41, 5.74) is -0.733. The molecule has 2 N–H and O–H groups in total. The summed E-state index contributed by atoms with van der Waals surface area (Å²) in [5, 5.41) is 9.99. The highest BCUT2D eigenvalue weighted by Gasteiger charge is 2.14. The van der Waals surface area contributed by atoms with E-state index in [1.807, 2.05) is 0 Å². The molecule has 0 radical (unpaired) electrons. The van der Waals surface area contributed by atoms with Crippen molar-refractivity contribution in [1.29, 1.82) is 0 Å². The Morgan fingerprint density at radius 1 is 1.25 bits per heavy atom. The first kappa shape index (κ1) is 12.0. The molecule has 0 fully saturated rings. The van der Waals surface area contributed by atoms with Crippen LogP contribution in [0.4, 0.5) is 18.9 Å². The van der Waals surface area contributed by atoms with Crippen molar-refractivity contribution in [2.24, 2.45) is 0 Å². The van der Waals surface area contributed by atoms with Crippen LogP contribution in [-0.4, -0.2) is 17.0 Å². The van der Waals surface area contributed by atoms with Crippen molar-refractivity contribution >= 4 is 17.6 Å². The Kier molecular flexibility index (Phi) is 3.49. The third-order valence-corrected chi connectivity index (χ3v) is 1.58. The summed E-state index contributed by atoms with van der Waals surface area (Å²) in [6, 6.07) is 0.861. The van der Waals surface area contributed by atoms with Crippen molar-refractivity contribution in [1.82, 2.24) is 0 Å². The van der Waals surface area contributed by atoms with Gasteiger partial charge in [-0.1, -0.05) is 0 Å². The molecule has 4 nitrogen and oxygen atoms in total. The molecular formula is C9H6F3NO3. The molecule has 0 aromatic heterocycles. The number of rotatable bonds is 3. The predicted molar refractivity (Wildman–Crippen MR) is 47.2 cm³/mol. The topological polar surface area (TPSA) is 66.4 Å². The number of carboxylic acids is 1. The van der Waals surface area contributed by atoms with Crippen LogP contribution < -0.4 is 5.32 Å². The summed E-state index contributed by atoms with van der Waals surface area (Å²) >= 11 is 0. The van der Waals surface area contributed by atoms with Gasteiger partial charge in [0.05, 0.1) is 5.69 Å². The smallest absolute Gasteiger partial charge is 0.312 e. The van der Waals surface area contributed by atoms with Crippen LogP contribution in [0.25, 0.3) is 0 Å². The van der Waals surface area contributed by atoms with Crippen molar-refractivity contribution in [2.75, 3.05) is 5.32 Å². The molecule has 1 aromatic rings. The standard InChI is InChI=1S/C9H6F3NO3/c10-4-1-5(11)9(12)6(2-4)13-7(14)3-8(15)16/h1-2H,3H2,(H,13,14)(H,15,16). The van der Waals surface area contributed by atoms with Gasteiger partial charge in [0.15, 0.2) is 11.6 Å². The van der Waals surface area contributed by atoms with E-state index in [2.05, 4.69) is 0 Å². The normalized spacial score (nSPS) is 9.94. The summed E-state index contributed by atoms with van der Waals surface area (Å²) in [6.45, 7) is 0. The number of benzene rings is 1. The number of hydrogen-bond acceptors (Lipinski definition) is 2. The summed E-state index contributed by atoms with van der Waals surface area (Å²) in [6.07, 6.45) is -0.919. The van der Waals surface area contributed by atoms with E-state index in [0.717, 1.165) is 0 Å². The van der Waals surface area contributed by atoms with Gasteiger partial charge in [-0.3, -0.25) is 9.59 Å². The Balaban J connectivity index is 2.89. The average molecular weight is 233 g/mol. The van der Waals surface area contributed by atoms with Gasteiger partial charge < -0.3 is 10.4 Å². The molecule has 1 amide bonds. The second kappa shape index (κ2) is 4.65. The van der Waals surface area contributed by atoms with Gasteiger partial charge in [-0.15, -0.1) is 0 Å². The van der Waals surface area contributed by atoms with Crippen molar-refractivity contribution in [2.45, 2.75) is 6.42 Å². The molecule has 0 unspecified atom stereocenters. The maximum atomic E-state index is 13.0. The van der Waals surface area contributed by atoms with Crippen LogP contribution in [0.15, 0.2) is 12.1 Å². The highest BCUT2D eigenvalue weighted by Crippen LogP contribution is 2.19. The van der Waals surface area contributed by atoms with E-state index in [0.29, 0.717) is 12.1 Å². The van der Waals surface area contributed by atoms with Crippen LogP contribution in [0.2, 0.25) is 0 Å². The number of aliphatic carboxylic acids is 1. The molecule has 0 heterocycles. The lowest BCUT2D eigenvalue weighted by Crippen LogP contribution is -2.17. The lowest BCUT2D eigenvalue weighted by atomic mass is 10.2. The van der Waals surface area contributed by atoms with Crippen LogP contribution in [0, 0.1) is 17.5 Å². The third-order valence-electron chi connectivity index (χ3n) is 1.58. The monoisotopic (exact) mass is 233 g/mol. The Hall–Kier alpha value is -2.05. The lowest BCUT2D eigenvalue weighted by Gasteiger charge is -2.05. The van der Waals surface area contributed by atoms with Crippen LogP contribution >= 0.6 is 0 Å². The van der Waals surface area contributed by atoms with Crippen LogP contribution in [0.1, 0.15) is 6.42 Å². The first-order chi connectivity index (χ1) is 7.40. The van der Waals surface area contributed by atoms with Gasteiger partial charge in [0.2, 0.25) is 5.91 Å². The van der Waals surface area contributed by atoms with E-state index in [1.54, 1.807) is 5.32 Å². The van der Waals surface area contributed by atoms with Gasteiger partial charge in [0, 0.05) is 12.1 Å². The summed E-state index contributed by atoms with van der Waals surface area (Å²) < 4.78 is 38.3. The van der Waals surface area contributed by atoms with Crippen LogP contribution in [-0.2, 0) is 9.59 Å². The maximum Gasteiger partial charge on any atom is 0.312 e. The second-order valence-electron chi connectivity index (χ2n) is 2.87. The zero-order valence-electron chi connectivity index (χ0n) is 7.76. The second-order valence-corrected chi connectivity index (χ2v) is 2.87. The molecule has 86 valence electrons. The van der Waals surface area contributed by atoms with Crippen molar-refractivity contribution in [3.63, 3.8) is 0 Å². The number of anilines is 1. The fourth-order valence-corrected chi connectivity index (χ4v) is 0.979. The first-order valence-corrected chi connectivity index (χ1v) is 4.06. The fraction of sp³-hybridized carbons (Fsp3) is 0.111. The molecule has 16 heavy (non-hydrogen) atoms. The minimum Gasteiger partial charge on any atom is -0.481 e. The number of carbonyl (C=O) groups excluding carboxylic acids is 1. The van der Waals surface area contributed by atoms with E-state index in [9.17, 15) is 22.8 Å². The SMILES string of the molecule is O=C(O)CC(=O)Nc1cc(F)cc(F)c1F. The number of halogens is 3. The quantitative estimate of drug-likeness (QED) is 0.614. The molecule has 1 aromatic carbocycles. The van der Waals surface area contributed by atoms with Crippen molar-refractivity contribution < 1.29 is 27.9 Å². The fourth-order valence-electron chi connectivity index (χ4n) is 0.979. The number of nitrogens with one attached hydrogen (secondary N) is 1. The molecule has 0 spiro atoms. The van der Waals surface area contributed by atoms with E-state index < -0.39 is 41.4 Å². The maximum absolute atomic E-state index is 13.0. The van der Waals surface area contributed by atoms with E-state index in [-0.39, 0.29) is 0 Å².